The summed E-state index contributed by atoms with van der Waals surface area (Å²) in [6, 6.07) is 0.809. The summed E-state index contributed by atoms with van der Waals surface area (Å²) in [5, 5.41) is 18.7. The largest absolute Gasteiger partial charge is 0.475 e. The molecule has 0 fully saturated rings. The monoisotopic (exact) mass is 236 g/mol. The van der Waals surface area contributed by atoms with Crippen molar-refractivity contribution in [3.8, 4) is 0 Å². The molecule has 0 spiro atoms. The van der Waals surface area contributed by atoms with Gasteiger partial charge in [0.2, 0.25) is 0 Å². The highest BCUT2D eigenvalue weighted by molar-refractivity contribution is 5.87. The second-order valence-electron chi connectivity index (χ2n) is 2.63. The van der Waals surface area contributed by atoms with Crippen molar-refractivity contribution in [2.45, 2.75) is 6.18 Å². The Bertz CT molecular complexity index is 457. The number of aromatic carboxylic acids is 1. The average Bonchev–Trinajstić information content (AvgIpc) is 2.15. The van der Waals surface area contributed by atoms with E-state index < -0.39 is 34.1 Å². The Morgan fingerprint density at radius 3 is 2.38 bits per heavy atom. The summed E-state index contributed by atoms with van der Waals surface area (Å²) >= 11 is 0. The number of rotatable bonds is 2. The van der Waals surface area contributed by atoms with Gasteiger partial charge in [0.05, 0.1) is 0 Å². The van der Waals surface area contributed by atoms with Gasteiger partial charge in [-0.3, -0.25) is 0 Å². The molecule has 1 aromatic heterocycles. The molecule has 0 aliphatic carbocycles. The Morgan fingerprint density at radius 2 is 2.00 bits per heavy atom. The van der Waals surface area contributed by atoms with Crippen molar-refractivity contribution >= 4 is 11.8 Å². The highest BCUT2D eigenvalue weighted by atomic mass is 19.4. The van der Waals surface area contributed by atoms with Crippen LogP contribution in [0, 0.1) is 10.1 Å². The van der Waals surface area contributed by atoms with E-state index in [1.807, 2.05) is 0 Å². The molecule has 0 aliphatic heterocycles. The lowest BCUT2D eigenvalue weighted by Gasteiger charge is -2.06. The van der Waals surface area contributed by atoms with Gasteiger partial charge in [0.15, 0.2) is 0 Å². The molecule has 16 heavy (non-hydrogen) atoms. The van der Waals surface area contributed by atoms with E-state index in [0.717, 1.165) is 0 Å². The predicted octanol–water partition coefficient (Wildman–Crippen LogP) is 1.71. The number of aromatic nitrogens is 1. The van der Waals surface area contributed by atoms with Crippen molar-refractivity contribution < 1.29 is 28.0 Å². The smallest absolute Gasteiger partial charge is 0.420 e. The van der Waals surface area contributed by atoms with Crippen LogP contribution in [0.1, 0.15) is 16.1 Å². The number of nitrogens with zero attached hydrogens (tertiary/aromatic N) is 2. The number of halogens is 3. The normalized spacial score (nSPS) is 11.2. The summed E-state index contributed by atoms with van der Waals surface area (Å²) in [5.74, 6) is -2.93. The molecule has 0 unspecified atom stereocenters. The van der Waals surface area contributed by atoms with Crippen LogP contribution in [0.2, 0.25) is 0 Å². The van der Waals surface area contributed by atoms with E-state index in [0.29, 0.717) is 12.1 Å². The second kappa shape index (κ2) is 3.76. The van der Waals surface area contributed by atoms with Crippen LogP contribution in [-0.4, -0.2) is 21.0 Å². The lowest BCUT2D eigenvalue weighted by Crippen LogP contribution is -2.15. The highest BCUT2D eigenvalue weighted by Gasteiger charge is 2.39. The summed E-state index contributed by atoms with van der Waals surface area (Å²) in [7, 11) is 0. The Balaban J connectivity index is 3.43. The summed E-state index contributed by atoms with van der Waals surface area (Å²) in [6.07, 6.45) is -4.92. The van der Waals surface area contributed by atoms with Crippen LogP contribution in [0.15, 0.2) is 12.1 Å². The summed E-state index contributed by atoms with van der Waals surface area (Å²) in [4.78, 5) is 22.4. The third-order valence-electron chi connectivity index (χ3n) is 1.58. The van der Waals surface area contributed by atoms with E-state index >= 15 is 0 Å². The van der Waals surface area contributed by atoms with Crippen LogP contribution in [0.4, 0.5) is 19.0 Å². The van der Waals surface area contributed by atoms with Gasteiger partial charge in [-0.1, -0.05) is 0 Å². The van der Waals surface area contributed by atoms with E-state index in [9.17, 15) is 28.1 Å². The zero-order valence-corrected chi connectivity index (χ0v) is 7.35. The number of carbonyl (C=O) groups is 1. The first kappa shape index (κ1) is 11.9. The van der Waals surface area contributed by atoms with Gasteiger partial charge in [-0.2, -0.15) is 13.2 Å². The minimum Gasteiger partial charge on any atom is -0.475 e. The molecule has 1 N–H and O–H groups in total. The van der Waals surface area contributed by atoms with Gasteiger partial charge < -0.3 is 15.2 Å². The maximum absolute atomic E-state index is 12.3. The minimum atomic E-state index is -4.92. The standard InChI is InChI=1S/C7H3F3N2O4/c8-7(9,10)3-1-2-4(12(15)16)11-5(3)6(13)14/h1-2H,(H,13,14). The van der Waals surface area contributed by atoms with Crippen LogP contribution in [0.3, 0.4) is 0 Å². The summed E-state index contributed by atoms with van der Waals surface area (Å²) in [6.45, 7) is 0. The number of hydrogen-bond acceptors (Lipinski definition) is 4. The fourth-order valence-electron chi connectivity index (χ4n) is 0.942. The molecule has 0 saturated carbocycles. The Labute approximate surface area is 85.5 Å². The minimum absolute atomic E-state index is 0.314. The van der Waals surface area contributed by atoms with Crippen LogP contribution in [0.5, 0.6) is 0 Å². The molecule has 0 radical (unpaired) electrons. The third-order valence-corrected chi connectivity index (χ3v) is 1.58. The van der Waals surface area contributed by atoms with Crippen LogP contribution in [-0.2, 0) is 6.18 Å². The molecule has 86 valence electrons. The van der Waals surface area contributed by atoms with Crippen molar-refractivity contribution in [1.29, 1.82) is 0 Å². The van der Waals surface area contributed by atoms with Gasteiger partial charge in [0, 0.05) is 6.07 Å². The van der Waals surface area contributed by atoms with E-state index in [-0.39, 0.29) is 0 Å². The van der Waals surface area contributed by atoms with E-state index in [4.69, 9.17) is 5.11 Å². The second-order valence-corrected chi connectivity index (χ2v) is 2.63. The molecule has 1 heterocycles. The maximum Gasteiger partial charge on any atom is 0.420 e. The van der Waals surface area contributed by atoms with Crippen molar-refractivity contribution in [3.05, 3.63) is 33.5 Å². The molecule has 0 saturated heterocycles. The van der Waals surface area contributed by atoms with Gasteiger partial charge >= 0.3 is 18.0 Å². The van der Waals surface area contributed by atoms with Gasteiger partial charge in [0.1, 0.15) is 5.56 Å². The molecule has 0 bridgehead atoms. The van der Waals surface area contributed by atoms with Crippen LogP contribution >= 0.6 is 0 Å². The number of alkyl halides is 3. The lowest BCUT2D eigenvalue weighted by atomic mass is 10.2. The third kappa shape index (κ3) is 2.24. The van der Waals surface area contributed by atoms with Crippen molar-refractivity contribution in [3.63, 3.8) is 0 Å². The molecule has 1 aromatic rings. The first-order chi connectivity index (χ1) is 7.23. The topological polar surface area (TPSA) is 93.3 Å². The Kier molecular flexibility index (Phi) is 2.79. The summed E-state index contributed by atoms with van der Waals surface area (Å²) in [5.41, 5.74) is -2.91. The molecule has 6 nitrogen and oxygen atoms in total. The highest BCUT2D eigenvalue weighted by Crippen LogP contribution is 2.32. The molecular weight excluding hydrogens is 233 g/mol. The van der Waals surface area contributed by atoms with Crippen molar-refractivity contribution in [2.24, 2.45) is 0 Å². The number of pyridine rings is 1. The van der Waals surface area contributed by atoms with E-state index in [1.54, 1.807) is 0 Å². The first-order valence-corrected chi connectivity index (χ1v) is 3.69. The maximum atomic E-state index is 12.3. The zero-order valence-electron chi connectivity index (χ0n) is 7.35. The Hall–Kier alpha value is -2.19. The lowest BCUT2D eigenvalue weighted by molar-refractivity contribution is -0.389. The predicted molar refractivity (Wildman–Crippen MR) is 42.9 cm³/mol. The van der Waals surface area contributed by atoms with Crippen LogP contribution < -0.4 is 0 Å². The average molecular weight is 236 g/mol. The van der Waals surface area contributed by atoms with Gasteiger partial charge in [-0.25, -0.2) is 4.79 Å². The number of carboxylic acids is 1. The van der Waals surface area contributed by atoms with Crippen LogP contribution in [0.25, 0.3) is 0 Å². The molecule has 0 atom stereocenters. The molecule has 0 aliphatic rings. The number of carboxylic acid groups (broad SMARTS) is 1. The van der Waals surface area contributed by atoms with E-state index in [2.05, 4.69) is 4.98 Å². The van der Waals surface area contributed by atoms with Gasteiger partial charge in [-0.15, -0.1) is 0 Å². The molecule has 0 amide bonds. The Morgan fingerprint density at radius 1 is 1.44 bits per heavy atom. The molecule has 0 aromatic carbocycles. The molecular formula is C7H3F3N2O4. The van der Waals surface area contributed by atoms with Gasteiger partial charge in [0.25, 0.3) is 5.69 Å². The number of nitro groups is 1. The van der Waals surface area contributed by atoms with Crippen molar-refractivity contribution in [2.75, 3.05) is 0 Å². The van der Waals surface area contributed by atoms with Crippen molar-refractivity contribution in [1.82, 2.24) is 4.98 Å². The fraction of sp³-hybridized carbons (Fsp3) is 0.143. The fourth-order valence-corrected chi connectivity index (χ4v) is 0.942. The SMILES string of the molecule is O=C(O)c1nc([N+](=O)[O-])ccc1C(F)(F)F. The summed E-state index contributed by atoms with van der Waals surface area (Å²) < 4.78 is 36.8. The van der Waals surface area contributed by atoms with E-state index in [1.165, 1.54) is 0 Å². The van der Waals surface area contributed by atoms with Gasteiger partial charge in [-0.05, 0) is 16.0 Å². The zero-order chi connectivity index (χ0) is 12.5. The molecule has 9 heteroatoms. The number of hydrogen-bond donors (Lipinski definition) is 1. The quantitative estimate of drug-likeness (QED) is 0.623. The molecule has 1 rings (SSSR count). The first-order valence-electron chi connectivity index (χ1n) is 3.69.